The van der Waals surface area contributed by atoms with Crippen molar-refractivity contribution in [3.8, 4) is 16.9 Å². The maximum atomic E-state index is 9.12. The highest BCUT2D eigenvalue weighted by Gasteiger charge is 2.11. The number of benzene rings is 5. The predicted molar refractivity (Wildman–Crippen MR) is 114 cm³/mol. The van der Waals surface area contributed by atoms with Gasteiger partial charge >= 0.3 is 7.69 Å². The molecule has 0 fully saturated rings. The van der Waals surface area contributed by atoms with Gasteiger partial charge in [-0.25, -0.2) is 0 Å². The lowest BCUT2D eigenvalue weighted by atomic mass is 9.91. The van der Waals surface area contributed by atoms with Crippen molar-refractivity contribution in [2.75, 3.05) is 0 Å². The normalized spacial score (nSPS) is 11.1. The van der Waals surface area contributed by atoms with Gasteiger partial charge in [-0.05, 0) is 61.6 Å². The fraction of sp³-hybridized carbons (Fsp3) is 0. The minimum atomic E-state index is -0.327. The summed E-state index contributed by atoms with van der Waals surface area (Å²) < 4.78 is 5.32. The highest BCUT2D eigenvalue weighted by atomic mass is 16.5. The summed E-state index contributed by atoms with van der Waals surface area (Å²) in [6, 6.07) is 31.6. The largest absolute Gasteiger partial charge is 0.539 e. The van der Waals surface area contributed by atoms with Crippen molar-refractivity contribution in [2.45, 2.75) is 0 Å². The van der Waals surface area contributed by atoms with E-state index in [1.54, 1.807) is 0 Å². The van der Waals surface area contributed by atoms with Crippen LogP contribution in [0.3, 0.4) is 0 Å². The van der Waals surface area contributed by atoms with Gasteiger partial charge in [0.25, 0.3) is 0 Å². The SMILES string of the molecule is OBOc1ccc2cccc(-c3cc4ccccc4c4ccccc34)c2c1. The van der Waals surface area contributed by atoms with E-state index in [4.69, 9.17) is 9.68 Å². The Labute approximate surface area is 157 Å². The molecule has 3 heteroatoms. The Morgan fingerprint density at radius 1 is 0.556 bits per heavy atom. The minimum Gasteiger partial charge on any atom is -0.539 e. The molecule has 5 aromatic carbocycles. The summed E-state index contributed by atoms with van der Waals surface area (Å²) in [7, 11) is -0.327. The van der Waals surface area contributed by atoms with Crippen molar-refractivity contribution in [3.05, 3.63) is 91.0 Å². The molecule has 0 saturated carbocycles. The lowest BCUT2D eigenvalue weighted by Gasteiger charge is -2.14. The topological polar surface area (TPSA) is 29.5 Å². The van der Waals surface area contributed by atoms with E-state index in [-0.39, 0.29) is 7.69 Å². The maximum absolute atomic E-state index is 9.12. The van der Waals surface area contributed by atoms with Crippen LogP contribution in [0.4, 0.5) is 0 Å². The van der Waals surface area contributed by atoms with Crippen molar-refractivity contribution in [3.63, 3.8) is 0 Å². The van der Waals surface area contributed by atoms with E-state index in [0.717, 1.165) is 16.3 Å². The number of hydrogen-bond acceptors (Lipinski definition) is 2. The fourth-order valence-electron chi connectivity index (χ4n) is 3.93. The van der Waals surface area contributed by atoms with Crippen molar-refractivity contribution < 1.29 is 9.68 Å². The van der Waals surface area contributed by atoms with E-state index in [2.05, 4.69) is 72.8 Å². The molecule has 0 bridgehead atoms. The van der Waals surface area contributed by atoms with E-state index in [1.807, 2.05) is 18.2 Å². The molecule has 5 rings (SSSR count). The maximum Gasteiger partial charge on any atom is 0.504 e. The van der Waals surface area contributed by atoms with Crippen LogP contribution < -0.4 is 4.65 Å². The van der Waals surface area contributed by atoms with Gasteiger partial charge in [0.2, 0.25) is 0 Å². The van der Waals surface area contributed by atoms with Crippen molar-refractivity contribution in [2.24, 2.45) is 0 Å². The summed E-state index contributed by atoms with van der Waals surface area (Å²) in [5.74, 6) is 0.669. The van der Waals surface area contributed by atoms with E-state index in [1.165, 1.54) is 27.1 Å². The Bertz CT molecular complexity index is 1290. The summed E-state index contributed by atoms with van der Waals surface area (Å²) in [5.41, 5.74) is 2.37. The van der Waals surface area contributed by atoms with Gasteiger partial charge in [0, 0.05) is 0 Å². The Hall–Kier alpha value is -3.30. The van der Waals surface area contributed by atoms with E-state index >= 15 is 0 Å². The van der Waals surface area contributed by atoms with Gasteiger partial charge in [0.05, 0.1) is 0 Å². The third kappa shape index (κ3) is 2.64. The average Bonchev–Trinajstić information content (AvgIpc) is 2.73. The number of rotatable bonds is 3. The molecule has 128 valence electrons. The highest BCUT2D eigenvalue weighted by molar-refractivity contribution is 6.18. The van der Waals surface area contributed by atoms with Gasteiger partial charge in [0.15, 0.2) is 0 Å². The van der Waals surface area contributed by atoms with E-state index < -0.39 is 0 Å². The molecule has 0 unspecified atom stereocenters. The zero-order valence-electron chi connectivity index (χ0n) is 14.7. The van der Waals surface area contributed by atoms with Gasteiger partial charge in [-0.15, -0.1) is 0 Å². The quantitative estimate of drug-likeness (QED) is 0.347. The van der Waals surface area contributed by atoms with Crippen LogP contribution in [0.2, 0.25) is 0 Å². The van der Waals surface area contributed by atoms with Crippen LogP contribution in [0.5, 0.6) is 5.75 Å². The van der Waals surface area contributed by atoms with Crippen LogP contribution in [-0.4, -0.2) is 12.7 Å². The second kappa shape index (κ2) is 6.46. The first-order chi connectivity index (χ1) is 13.3. The Morgan fingerprint density at radius 3 is 2.15 bits per heavy atom. The fourth-order valence-corrected chi connectivity index (χ4v) is 3.93. The molecule has 0 radical (unpaired) electrons. The van der Waals surface area contributed by atoms with Gasteiger partial charge in [0.1, 0.15) is 5.75 Å². The predicted octanol–water partition coefficient (Wildman–Crippen LogP) is 5.45. The van der Waals surface area contributed by atoms with Crippen LogP contribution >= 0.6 is 0 Å². The van der Waals surface area contributed by atoms with E-state index in [9.17, 15) is 0 Å². The summed E-state index contributed by atoms with van der Waals surface area (Å²) >= 11 is 0. The zero-order valence-corrected chi connectivity index (χ0v) is 14.7. The molecule has 0 aliphatic rings. The average molecular weight is 348 g/mol. The highest BCUT2D eigenvalue weighted by Crippen LogP contribution is 2.38. The first-order valence-corrected chi connectivity index (χ1v) is 9.02. The molecule has 0 heterocycles. The van der Waals surface area contributed by atoms with Gasteiger partial charge < -0.3 is 9.68 Å². The van der Waals surface area contributed by atoms with Gasteiger partial charge in [-0.2, -0.15) is 0 Å². The lowest BCUT2D eigenvalue weighted by Crippen LogP contribution is -1.99. The second-order valence-electron chi connectivity index (χ2n) is 6.65. The molecule has 0 saturated heterocycles. The summed E-state index contributed by atoms with van der Waals surface area (Å²) in [4.78, 5) is 0. The molecule has 0 spiro atoms. The van der Waals surface area contributed by atoms with Crippen LogP contribution in [0.25, 0.3) is 43.4 Å². The van der Waals surface area contributed by atoms with Crippen molar-refractivity contribution in [1.29, 1.82) is 0 Å². The third-order valence-electron chi connectivity index (χ3n) is 5.14. The van der Waals surface area contributed by atoms with Crippen molar-refractivity contribution >= 4 is 40.0 Å². The number of hydrogen-bond donors (Lipinski definition) is 1. The molecule has 0 aromatic heterocycles. The molecular formula is C24H17BO2. The molecular weight excluding hydrogens is 331 g/mol. The Balaban J connectivity index is 1.89. The van der Waals surface area contributed by atoms with Crippen LogP contribution in [0, 0.1) is 0 Å². The smallest absolute Gasteiger partial charge is 0.504 e. The summed E-state index contributed by atoms with van der Waals surface area (Å²) in [6.45, 7) is 0. The van der Waals surface area contributed by atoms with Crippen molar-refractivity contribution in [1.82, 2.24) is 0 Å². The molecule has 27 heavy (non-hydrogen) atoms. The van der Waals surface area contributed by atoms with Gasteiger partial charge in [-0.1, -0.05) is 72.8 Å². The molecule has 0 amide bonds. The van der Waals surface area contributed by atoms with Gasteiger partial charge in [-0.3, -0.25) is 0 Å². The minimum absolute atomic E-state index is 0.327. The van der Waals surface area contributed by atoms with Crippen LogP contribution in [0.15, 0.2) is 91.0 Å². The molecule has 0 aliphatic carbocycles. The zero-order chi connectivity index (χ0) is 18.2. The van der Waals surface area contributed by atoms with E-state index in [0.29, 0.717) is 5.75 Å². The Morgan fingerprint density at radius 2 is 1.30 bits per heavy atom. The van der Waals surface area contributed by atoms with Crippen LogP contribution in [0.1, 0.15) is 0 Å². The molecule has 5 aromatic rings. The second-order valence-corrected chi connectivity index (χ2v) is 6.65. The Kier molecular flexibility index (Phi) is 3.81. The third-order valence-corrected chi connectivity index (χ3v) is 5.14. The number of fused-ring (bicyclic) bond motifs is 4. The summed E-state index contributed by atoms with van der Waals surface area (Å²) in [5, 5.41) is 16.4. The van der Waals surface area contributed by atoms with Crippen LogP contribution in [-0.2, 0) is 0 Å². The first kappa shape index (κ1) is 15.9. The molecule has 2 nitrogen and oxygen atoms in total. The standard InChI is InChI=1S/C24H17BO2/c26-25-27-18-13-12-16-7-5-11-22(23(16)15-18)24-14-17-6-1-2-8-19(17)20-9-3-4-10-21(20)24/h1-15,25-26H. The summed E-state index contributed by atoms with van der Waals surface area (Å²) in [6.07, 6.45) is 0. The molecule has 0 aliphatic heterocycles. The molecule has 1 N–H and O–H groups in total. The lowest BCUT2D eigenvalue weighted by molar-refractivity contribution is 0.454. The first-order valence-electron chi connectivity index (χ1n) is 9.02. The monoisotopic (exact) mass is 348 g/mol. The molecule has 0 atom stereocenters.